The predicted molar refractivity (Wildman–Crippen MR) is 91.5 cm³/mol. The number of aromatic nitrogens is 2. The van der Waals surface area contributed by atoms with Gasteiger partial charge in [-0.1, -0.05) is 12.1 Å². The van der Waals surface area contributed by atoms with Crippen molar-refractivity contribution in [1.82, 2.24) is 14.7 Å². The third-order valence-corrected chi connectivity index (χ3v) is 4.41. The van der Waals surface area contributed by atoms with E-state index in [0.717, 1.165) is 37.6 Å². The van der Waals surface area contributed by atoms with Gasteiger partial charge < -0.3 is 14.6 Å². The monoisotopic (exact) mass is 331 g/mol. The minimum atomic E-state index is -0.467. The van der Waals surface area contributed by atoms with Gasteiger partial charge in [0.05, 0.1) is 19.5 Å². The van der Waals surface area contributed by atoms with Crippen LogP contribution in [0, 0.1) is 0 Å². The van der Waals surface area contributed by atoms with Crippen LogP contribution >= 0.6 is 0 Å². The van der Waals surface area contributed by atoms with Gasteiger partial charge in [0.2, 0.25) is 0 Å². The maximum atomic E-state index is 10.2. The van der Waals surface area contributed by atoms with E-state index in [0.29, 0.717) is 6.54 Å². The summed E-state index contributed by atoms with van der Waals surface area (Å²) in [5.74, 6) is 1.59. The van der Waals surface area contributed by atoms with Crippen LogP contribution < -0.4 is 9.47 Å². The molecule has 1 aliphatic heterocycles. The van der Waals surface area contributed by atoms with Crippen LogP contribution in [0.4, 0.5) is 0 Å². The molecule has 1 aromatic carbocycles. The summed E-state index contributed by atoms with van der Waals surface area (Å²) in [4.78, 5) is 2.24. The minimum absolute atomic E-state index is 0.199. The number of hydrogen-bond acceptors (Lipinski definition) is 5. The first kappa shape index (κ1) is 16.8. The first-order chi connectivity index (χ1) is 11.7. The molecule has 2 heterocycles. The second-order valence-electron chi connectivity index (χ2n) is 6.11. The number of benzene rings is 1. The SMILES string of the molecule is CCn1cc(O[C@@H]2CN(CCc3ccc(OC)cc3)C[C@H]2O)cn1. The van der Waals surface area contributed by atoms with E-state index in [4.69, 9.17) is 9.47 Å². The molecular weight excluding hydrogens is 306 g/mol. The minimum Gasteiger partial charge on any atom is -0.497 e. The predicted octanol–water partition coefficient (Wildman–Crippen LogP) is 1.58. The lowest BCUT2D eigenvalue weighted by atomic mass is 10.1. The van der Waals surface area contributed by atoms with E-state index in [1.807, 2.05) is 29.9 Å². The molecule has 24 heavy (non-hydrogen) atoms. The van der Waals surface area contributed by atoms with Crippen molar-refractivity contribution < 1.29 is 14.6 Å². The highest BCUT2D eigenvalue weighted by molar-refractivity contribution is 5.27. The van der Waals surface area contributed by atoms with Crippen LogP contribution in [0.1, 0.15) is 12.5 Å². The molecule has 0 radical (unpaired) electrons. The van der Waals surface area contributed by atoms with Crippen molar-refractivity contribution in [2.75, 3.05) is 26.7 Å². The molecule has 6 nitrogen and oxygen atoms in total. The Morgan fingerprint density at radius 2 is 2.00 bits per heavy atom. The van der Waals surface area contributed by atoms with Crippen molar-refractivity contribution in [2.45, 2.75) is 32.1 Å². The van der Waals surface area contributed by atoms with Crippen molar-refractivity contribution in [3.8, 4) is 11.5 Å². The number of rotatable bonds is 7. The van der Waals surface area contributed by atoms with Crippen molar-refractivity contribution in [3.63, 3.8) is 0 Å². The zero-order chi connectivity index (χ0) is 16.9. The fourth-order valence-electron chi connectivity index (χ4n) is 2.96. The van der Waals surface area contributed by atoms with Crippen LogP contribution in [0.15, 0.2) is 36.7 Å². The lowest BCUT2D eigenvalue weighted by Gasteiger charge is -2.16. The van der Waals surface area contributed by atoms with Gasteiger partial charge in [-0.3, -0.25) is 9.58 Å². The Balaban J connectivity index is 1.49. The van der Waals surface area contributed by atoms with Crippen molar-refractivity contribution in [2.24, 2.45) is 0 Å². The molecule has 0 aliphatic carbocycles. The van der Waals surface area contributed by atoms with E-state index in [9.17, 15) is 5.11 Å². The maximum Gasteiger partial charge on any atom is 0.157 e. The van der Waals surface area contributed by atoms with E-state index in [2.05, 4.69) is 22.1 Å². The van der Waals surface area contributed by atoms with Gasteiger partial charge in [0.25, 0.3) is 0 Å². The van der Waals surface area contributed by atoms with E-state index >= 15 is 0 Å². The summed E-state index contributed by atoms with van der Waals surface area (Å²) in [6.45, 7) is 5.11. The number of aliphatic hydroxyl groups excluding tert-OH is 1. The average Bonchev–Trinajstić information content (AvgIpc) is 3.20. The highest BCUT2D eigenvalue weighted by atomic mass is 16.5. The molecule has 3 rings (SSSR count). The van der Waals surface area contributed by atoms with Crippen LogP contribution in [0.3, 0.4) is 0 Å². The third kappa shape index (κ3) is 4.07. The first-order valence-electron chi connectivity index (χ1n) is 8.40. The summed E-state index contributed by atoms with van der Waals surface area (Å²) in [7, 11) is 1.67. The molecule has 2 atom stereocenters. The van der Waals surface area contributed by atoms with Crippen LogP contribution in [0.25, 0.3) is 0 Å². The summed E-state index contributed by atoms with van der Waals surface area (Å²) in [6, 6.07) is 8.12. The van der Waals surface area contributed by atoms with E-state index < -0.39 is 6.10 Å². The van der Waals surface area contributed by atoms with Crippen molar-refractivity contribution in [3.05, 3.63) is 42.2 Å². The fraction of sp³-hybridized carbons (Fsp3) is 0.500. The molecule has 0 unspecified atom stereocenters. The molecule has 1 fully saturated rings. The van der Waals surface area contributed by atoms with Gasteiger partial charge in [-0.05, 0) is 31.0 Å². The number of aryl methyl sites for hydroxylation is 1. The Kier molecular flexibility index (Phi) is 5.37. The fourth-order valence-corrected chi connectivity index (χ4v) is 2.96. The Hall–Kier alpha value is -2.05. The molecule has 0 spiro atoms. The van der Waals surface area contributed by atoms with E-state index in [-0.39, 0.29) is 6.10 Å². The molecule has 130 valence electrons. The smallest absolute Gasteiger partial charge is 0.157 e. The summed E-state index contributed by atoms with van der Waals surface area (Å²) >= 11 is 0. The summed E-state index contributed by atoms with van der Waals surface area (Å²) < 4.78 is 12.9. The number of methoxy groups -OCH3 is 1. The average molecular weight is 331 g/mol. The number of β-amino-alcohol motifs (C(OH)–C–C–N with tert-alkyl or cyclic N) is 1. The summed E-state index contributed by atoms with van der Waals surface area (Å²) in [5, 5.41) is 14.4. The second-order valence-corrected chi connectivity index (χ2v) is 6.11. The van der Waals surface area contributed by atoms with E-state index in [1.165, 1.54) is 5.56 Å². The summed E-state index contributed by atoms with van der Waals surface area (Å²) in [5.41, 5.74) is 1.26. The Morgan fingerprint density at radius 3 is 2.67 bits per heavy atom. The van der Waals surface area contributed by atoms with Crippen molar-refractivity contribution >= 4 is 0 Å². The number of aliphatic hydroxyl groups is 1. The van der Waals surface area contributed by atoms with Crippen LogP contribution in [-0.4, -0.2) is 58.7 Å². The molecule has 1 N–H and O–H groups in total. The first-order valence-corrected chi connectivity index (χ1v) is 8.40. The largest absolute Gasteiger partial charge is 0.497 e. The standard InChI is InChI=1S/C18H25N3O3/c1-3-21-11-16(10-19-21)24-18-13-20(12-17(18)22)9-8-14-4-6-15(23-2)7-5-14/h4-7,10-11,17-18,22H,3,8-9,12-13H2,1-2H3/t17-,18-/m1/s1. The lowest BCUT2D eigenvalue weighted by Crippen LogP contribution is -2.30. The van der Waals surface area contributed by atoms with Gasteiger partial charge >= 0.3 is 0 Å². The zero-order valence-electron chi connectivity index (χ0n) is 14.3. The number of nitrogens with zero attached hydrogens (tertiary/aromatic N) is 3. The van der Waals surface area contributed by atoms with Gasteiger partial charge in [0, 0.05) is 26.2 Å². The van der Waals surface area contributed by atoms with Gasteiger partial charge in [0.1, 0.15) is 18.0 Å². The molecule has 1 aromatic heterocycles. The topological polar surface area (TPSA) is 59.8 Å². The highest BCUT2D eigenvalue weighted by Crippen LogP contribution is 2.19. The van der Waals surface area contributed by atoms with Gasteiger partial charge in [-0.15, -0.1) is 0 Å². The normalized spacial score (nSPS) is 21.1. The van der Waals surface area contributed by atoms with Gasteiger partial charge in [0.15, 0.2) is 5.75 Å². The zero-order valence-corrected chi connectivity index (χ0v) is 14.3. The molecule has 0 bridgehead atoms. The number of ether oxygens (including phenoxy) is 2. The lowest BCUT2D eigenvalue weighted by molar-refractivity contribution is 0.0736. The highest BCUT2D eigenvalue weighted by Gasteiger charge is 2.32. The Bertz CT molecular complexity index is 641. The quantitative estimate of drug-likeness (QED) is 0.835. The maximum absolute atomic E-state index is 10.2. The number of likely N-dealkylation sites (tertiary alicyclic amines) is 1. The molecule has 1 aliphatic rings. The second kappa shape index (κ2) is 7.68. The third-order valence-electron chi connectivity index (χ3n) is 4.41. The molecule has 0 amide bonds. The Labute approximate surface area is 142 Å². The van der Waals surface area contributed by atoms with Crippen LogP contribution in [0.2, 0.25) is 0 Å². The number of hydrogen-bond donors (Lipinski definition) is 1. The molecule has 6 heteroatoms. The van der Waals surface area contributed by atoms with Crippen molar-refractivity contribution in [1.29, 1.82) is 0 Å². The van der Waals surface area contributed by atoms with Gasteiger partial charge in [-0.2, -0.15) is 5.10 Å². The molecular formula is C18H25N3O3. The molecule has 1 saturated heterocycles. The van der Waals surface area contributed by atoms with Crippen LogP contribution in [0.5, 0.6) is 11.5 Å². The van der Waals surface area contributed by atoms with Crippen LogP contribution in [-0.2, 0) is 13.0 Å². The van der Waals surface area contributed by atoms with Gasteiger partial charge in [-0.25, -0.2) is 0 Å². The Morgan fingerprint density at radius 1 is 1.21 bits per heavy atom. The molecule has 0 saturated carbocycles. The molecule has 2 aromatic rings. The van der Waals surface area contributed by atoms with E-state index in [1.54, 1.807) is 13.3 Å². The summed E-state index contributed by atoms with van der Waals surface area (Å²) in [6.07, 6.45) is 3.85.